The summed E-state index contributed by atoms with van der Waals surface area (Å²) >= 11 is 0. The van der Waals surface area contributed by atoms with E-state index in [1.807, 2.05) is 48.5 Å². The van der Waals surface area contributed by atoms with Crippen LogP contribution in [-0.4, -0.2) is 23.7 Å². The fourth-order valence-electron chi connectivity index (χ4n) is 2.56. The molecule has 2 aromatic carbocycles. The summed E-state index contributed by atoms with van der Waals surface area (Å²) < 4.78 is 5.43. The van der Waals surface area contributed by atoms with Gasteiger partial charge in [-0.15, -0.1) is 0 Å². The van der Waals surface area contributed by atoms with Crippen molar-refractivity contribution in [2.75, 3.05) is 6.61 Å². The number of pyridine rings is 1. The van der Waals surface area contributed by atoms with Crippen LogP contribution < -0.4 is 15.7 Å². The van der Waals surface area contributed by atoms with Gasteiger partial charge in [-0.2, -0.15) is 5.10 Å². The number of rotatable bonds is 6. The highest BCUT2D eigenvalue weighted by Crippen LogP contribution is 2.18. The van der Waals surface area contributed by atoms with E-state index in [1.165, 1.54) is 11.8 Å². The van der Waals surface area contributed by atoms with Gasteiger partial charge in [0, 0.05) is 5.52 Å². The number of carbonyl (C=O) groups is 1. The molecule has 0 unspecified atom stereocenters. The van der Waals surface area contributed by atoms with Crippen LogP contribution in [0.1, 0.15) is 30.9 Å². The molecule has 1 aromatic heterocycles. The number of amides is 1. The second kappa shape index (κ2) is 8.31. The van der Waals surface area contributed by atoms with Gasteiger partial charge in [-0.1, -0.05) is 44.2 Å². The first-order valence-electron chi connectivity index (χ1n) is 8.69. The summed E-state index contributed by atoms with van der Waals surface area (Å²) in [7, 11) is 0. The van der Waals surface area contributed by atoms with Crippen molar-refractivity contribution in [2.24, 2.45) is 5.10 Å². The monoisotopic (exact) mass is 363 g/mol. The minimum absolute atomic E-state index is 0.160. The van der Waals surface area contributed by atoms with Gasteiger partial charge in [0.1, 0.15) is 5.75 Å². The van der Waals surface area contributed by atoms with Crippen LogP contribution in [0.25, 0.3) is 10.9 Å². The van der Waals surface area contributed by atoms with Crippen molar-refractivity contribution < 1.29 is 9.53 Å². The Bertz CT molecular complexity index is 1020. The van der Waals surface area contributed by atoms with Crippen molar-refractivity contribution in [2.45, 2.75) is 19.8 Å². The average molecular weight is 363 g/mol. The number of hydrogen-bond donors (Lipinski definition) is 2. The molecule has 1 heterocycles. The molecule has 6 nitrogen and oxygen atoms in total. The summed E-state index contributed by atoms with van der Waals surface area (Å²) in [6.07, 6.45) is 1.32. The van der Waals surface area contributed by atoms with Gasteiger partial charge in [0.2, 0.25) is 0 Å². The molecule has 3 aromatic rings. The molecular weight excluding hydrogens is 342 g/mol. The molecule has 0 fully saturated rings. The molecule has 0 radical (unpaired) electrons. The SMILES string of the molecule is CC(C)c1ccc(OCC(=O)NN=Cc2cc3ccccc3[nH]c2=O)cc1. The maximum Gasteiger partial charge on any atom is 0.277 e. The van der Waals surface area contributed by atoms with Gasteiger partial charge in [-0.3, -0.25) is 9.59 Å². The number of nitrogens with zero attached hydrogens (tertiary/aromatic N) is 1. The highest BCUT2D eigenvalue weighted by atomic mass is 16.5. The molecule has 1 amide bonds. The highest BCUT2D eigenvalue weighted by molar-refractivity contribution is 5.88. The normalized spacial score (nSPS) is 11.2. The van der Waals surface area contributed by atoms with Gasteiger partial charge >= 0.3 is 0 Å². The lowest BCUT2D eigenvalue weighted by molar-refractivity contribution is -0.123. The van der Waals surface area contributed by atoms with Gasteiger partial charge in [0.05, 0.1) is 11.8 Å². The predicted octanol–water partition coefficient (Wildman–Crippen LogP) is 3.18. The Morgan fingerprint density at radius 1 is 1.19 bits per heavy atom. The zero-order chi connectivity index (χ0) is 19.2. The van der Waals surface area contributed by atoms with E-state index in [9.17, 15) is 9.59 Å². The number of aromatic nitrogens is 1. The van der Waals surface area contributed by atoms with E-state index < -0.39 is 5.91 Å². The van der Waals surface area contributed by atoms with Crippen molar-refractivity contribution in [3.63, 3.8) is 0 Å². The lowest BCUT2D eigenvalue weighted by Crippen LogP contribution is -2.25. The van der Waals surface area contributed by atoms with Crippen LogP contribution >= 0.6 is 0 Å². The van der Waals surface area contributed by atoms with Gasteiger partial charge in [-0.05, 0) is 41.1 Å². The Morgan fingerprint density at radius 2 is 1.93 bits per heavy atom. The van der Waals surface area contributed by atoms with Crippen LogP contribution in [0.3, 0.4) is 0 Å². The fourth-order valence-corrected chi connectivity index (χ4v) is 2.56. The summed E-state index contributed by atoms with van der Waals surface area (Å²) in [4.78, 5) is 26.6. The first kappa shape index (κ1) is 18.4. The quantitative estimate of drug-likeness (QED) is 0.521. The molecule has 27 heavy (non-hydrogen) atoms. The number of H-pyrrole nitrogens is 1. The van der Waals surface area contributed by atoms with E-state index >= 15 is 0 Å². The number of fused-ring (bicyclic) bond motifs is 1. The number of hydrazone groups is 1. The first-order valence-corrected chi connectivity index (χ1v) is 8.69. The third kappa shape index (κ3) is 4.82. The minimum Gasteiger partial charge on any atom is -0.484 e. The lowest BCUT2D eigenvalue weighted by Gasteiger charge is -2.08. The number of ether oxygens (including phenoxy) is 1. The van der Waals surface area contributed by atoms with Crippen LogP contribution in [0, 0.1) is 0 Å². The molecule has 0 spiro atoms. The fraction of sp³-hybridized carbons (Fsp3) is 0.190. The summed E-state index contributed by atoms with van der Waals surface area (Å²) in [6, 6.07) is 16.8. The molecule has 0 saturated carbocycles. The molecular formula is C21H21N3O3. The van der Waals surface area contributed by atoms with Crippen LogP contribution in [0.5, 0.6) is 5.75 Å². The van der Waals surface area contributed by atoms with Crippen molar-refractivity contribution >= 4 is 23.0 Å². The number of aromatic amines is 1. The van der Waals surface area contributed by atoms with Crippen LogP contribution in [-0.2, 0) is 4.79 Å². The number of hydrogen-bond acceptors (Lipinski definition) is 4. The molecule has 0 aliphatic carbocycles. The predicted molar refractivity (Wildman–Crippen MR) is 106 cm³/mol. The van der Waals surface area contributed by atoms with E-state index in [4.69, 9.17) is 4.74 Å². The van der Waals surface area contributed by atoms with Crippen molar-refractivity contribution in [1.29, 1.82) is 0 Å². The van der Waals surface area contributed by atoms with Crippen molar-refractivity contribution in [3.05, 3.63) is 76.1 Å². The average Bonchev–Trinajstić information content (AvgIpc) is 2.67. The van der Waals surface area contributed by atoms with Crippen molar-refractivity contribution in [3.8, 4) is 5.75 Å². The first-order chi connectivity index (χ1) is 13.0. The third-order valence-electron chi connectivity index (χ3n) is 4.09. The molecule has 0 aliphatic rings. The number of nitrogens with one attached hydrogen (secondary N) is 2. The second-order valence-corrected chi connectivity index (χ2v) is 6.45. The Kier molecular flexibility index (Phi) is 5.66. The van der Waals surface area contributed by atoms with Gasteiger partial charge in [0.25, 0.3) is 11.5 Å². The molecule has 6 heteroatoms. The van der Waals surface area contributed by atoms with E-state index in [0.29, 0.717) is 17.2 Å². The molecule has 0 bridgehead atoms. The van der Waals surface area contributed by atoms with Gasteiger partial charge < -0.3 is 9.72 Å². The maximum absolute atomic E-state index is 12.0. The summed E-state index contributed by atoms with van der Waals surface area (Å²) in [5.41, 5.74) is 4.41. The van der Waals surface area contributed by atoms with E-state index in [0.717, 1.165) is 10.9 Å². The zero-order valence-electron chi connectivity index (χ0n) is 15.2. The number of para-hydroxylation sites is 1. The van der Waals surface area contributed by atoms with Crippen molar-refractivity contribution in [1.82, 2.24) is 10.4 Å². The Hall–Kier alpha value is -3.41. The van der Waals surface area contributed by atoms with Crippen LogP contribution in [0.2, 0.25) is 0 Å². The Labute approximate surface area is 156 Å². The number of benzene rings is 2. The third-order valence-corrected chi connectivity index (χ3v) is 4.09. The van der Waals surface area contributed by atoms with Crippen LogP contribution in [0.15, 0.2) is 64.5 Å². The highest BCUT2D eigenvalue weighted by Gasteiger charge is 2.04. The zero-order valence-corrected chi connectivity index (χ0v) is 15.2. The molecule has 0 atom stereocenters. The minimum atomic E-state index is -0.406. The van der Waals surface area contributed by atoms with E-state index in [1.54, 1.807) is 6.07 Å². The number of carbonyl (C=O) groups excluding carboxylic acids is 1. The molecule has 2 N–H and O–H groups in total. The molecule has 3 rings (SSSR count). The Balaban J connectivity index is 1.56. The van der Waals surface area contributed by atoms with E-state index in [-0.39, 0.29) is 12.2 Å². The standard InChI is InChI=1S/C21H21N3O3/c1-14(2)15-7-9-18(10-8-15)27-13-20(25)24-22-12-17-11-16-5-3-4-6-19(16)23-21(17)26/h3-12,14H,13H2,1-2H3,(H,23,26)(H,24,25). The summed E-state index contributed by atoms with van der Waals surface area (Å²) in [5, 5.41) is 4.72. The maximum atomic E-state index is 12.0. The van der Waals surface area contributed by atoms with Crippen LogP contribution in [0.4, 0.5) is 0 Å². The van der Waals surface area contributed by atoms with Gasteiger partial charge in [0.15, 0.2) is 6.61 Å². The molecule has 138 valence electrons. The lowest BCUT2D eigenvalue weighted by atomic mass is 10.0. The van der Waals surface area contributed by atoms with E-state index in [2.05, 4.69) is 29.4 Å². The van der Waals surface area contributed by atoms with Gasteiger partial charge in [-0.25, -0.2) is 5.43 Å². The smallest absolute Gasteiger partial charge is 0.277 e. The molecule has 0 saturated heterocycles. The topological polar surface area (TPSA) is 83.5 Å². The Morgan fingerprint density at radius 3 is 2.67 bits per heavy atom. The second-order valence-electron chi connectivity index (χ2n) is 6.45. The molecule has 0 aliphatic heterocycles. The summed E-state index contributed by atoms with van der Waals surface area (Å²) in [5.74, 6) is 0.649. The summed E-state index contributed by atoms with van der Waals surface area (Å²) in [6.45, 7) is 4.07. The largest absolute Gasteiger partial charge is 0.484 e.